The van der Waals surface area contributed by atoms with E-state index >= 15 is 0 Å². The van der Waals surface area contributed by atoms with E-state index in [-0.39, 0.29) is 5.92 Å². The van der Waals surface area contributed by atoms with Crippen LogP contribution in [-0.4, -0.2) is 30.8 Å². The number of carboxylic acids is 1. The van der Waals surface area contributed by atoms with Crippen LogP contribution in [0.15, 0.2) is 24.3 Å². The average molecular weight is 279 g/mol. The first kappa shape index (κ1) is 16.3. The van der Waals surface area contributed by atoms with Crippen LogP contribution in [-0.2, 0) is 4.79 Å². The number of hydrogen-bond donors (Lipinski definition) is 1. The molecule has 4 nitrogen and oxygen atoms in total. The van der Waals surface area contributed by atoms with Crippen molar-refractivity contribution in [2.24, 2.45) is 11.8 Å². The Hall–Kier alpha value is -1.71. The van der Waals surface area contributed by atoms with Crippen molar-refractivity contribution in [3.63, 3.8) is 0 Å². The minimum absolute atomic E-state index is 0.389. The molecule has 112 valence electrons. The van der Waals surface area contributed by atoms with Crippen molar-refractivity contribution in [2.45, 2.75) is 27.7 Å². The zero-order valence-corrected chi connectivity index (χ0v) is 12.8. The Morgan fingerprint density at radius 3 is 2.25 bits per heavy atom. The van der Waals surface area contributed by atoms with Crippen LogP contribution in [0, 0.1) is 11.8 Å². The van der Waals surface area contributed by atoms with E-state index in [1.54, 1.807) is 6.92 Å². The van der Waals surface area contributed by atoms with Gasteiger partial charge in [0.25, 0.3) is 0 Å². The molecule has 20 heavy (non-hydrogen) atoms. The standard InChI is InChI=1S/C16H25NO3/c1-5-20-15-8-6-14(7-9-15)17(10-12(2)3)11-13(4)16(18)19/h6-9,12-13H,5,10-11H2,1-4H3,(H,18,19). The van der Waals surface area contributed by atoms with Crippen LogP contribution < -0.4 is 9.64 Å². The third-order valence-electron chi connectivity index (χ3n) is 3.01. The molecular weight excluding hydrogens is 254 g/mol. The molecule has 0 radical (unpaired) electrons. The van der Waals surface area contributed by atoms with Crippen molar-refractivity contribution in [1.29, 1.82) is 0 Å². The molecule has 1 unspecified atom stereocenters. The summed E-state index contributed by atoms with van der Waals surface area (Å²) in [6.45, 7) is 9.95. The van der Waals surface area contributed by atoms with Crippen LogP contribution in [0.3, 0.4) is 0 Å². The first-order valence-corrected chi connectivity index (χ1v) is 7.14. The molecule has 0 bridgehead atoms. The Kier molecular flexibility index (Phi) is 6.36. The number of carboxylic acid groups (broad SMARTS) is 1. The molecule has 0 aliphatic carbocycles. The molecule has 0 heterocycles. The molecule has 0 amide bonds. The Morgan fingerprint density at radius 1 is 1.20 bits per heavy atom. The Bertz CT molecular complexity index is 414. The molecule has 1 aromatic carbocycles. The van der Waals surface area contributed by atoms with E-state index < -0.39 is 5.97 Å². The van der Waals surface area contributed by atoms with Crippen molar-refractivity contribution in [1.82, 2.24) is 0 Å². The van der Waals surface area contributed by atoms with Gasteiger partial charge in [0.2, 0.25) is 0 Å². The van der Waals surface area contributed by atoms with Gasteiger partial charge in [-0.2, -0.15) is 0 Å². The monoisotopic (exact) mass is 279 g/mol. The summed E-state index contributed by atoms with van der Waals surface area (Å²) < 4.78 is 5.43. The summed E-state index contributed by atoms with van der Waals surface area (Å²) in [7, 11) is 0. The van der Waals surface area contributed by atoms with Gasteiger partial charge >= 0.3 is 5.97 Å². The number of rotatable bonds is 8. The van der Waals surface area contributed by atoms with Gasteiger partial charge < -0.3 is 14.7 Å². The van der Waals surface area contributed by atoms with Gasteiger partial charge in [0.05, 0.1) is 12.5 Å². The van der Waals surface area contributed by atoms with Gasteiger partial charge in [0, 0.05) is 18.8 Å². The molecule has 1 aromatic rings. The number of nitrogens with zero attached hydrogens (tertiary/aromatic N) is 1. The molecule has 1 N–H and O–H groups in total. The van der Waals surface area contributed by atoms with Crippen LogP contribution in [0.5, 0.6) is 5.75 Å². The second-order valence-corrected chi connectivity index (χ2v) is 5.47. The molecule has 4 heteroatoms. The van der Waals surface area contributed by atoms with E-state index in [1.165, 1.54) is 0 Å². The van der Waals surface area contributed by atoms with Crippen LogP contribution in [0.2, 0.25) is 0 Å². The Morgan fingerprint density at radius 2 is 1.80 bits per heavy atom. The lowest BCUT2D eigenvalue weighted by Gasteiger charge is -2.28. The lowest BCUT2D eigenvalue weighted by atomic mass is 10.1. The van der Waals surface area contributed by atoms with Crippen molar-refractivity contribution in [2.75, 3.05) is 24.6 Å². The van der Waals surface area contributed by atoms with Crippen LogP contribution >= 0.6 is 0 Å². The highest BCUT2D eigenvalue weighted by Gasteiger charge is 2.17. The highest BCUT2D eigenvalue weighted by molar-refractivity contribution is 5.70. The molecule has 1 atom stereocenters. The fraction of sp³-hybridized carbons (Fsp3) is 0.562. The zero-order valence-electron chi connectivity index (χ0n) is 12.8. The highest BCUT2D eigenvalue weighted by Crippen LogP contribution is 2.21. The highest BCUT2D eigenvalue weighted by atomic mass is 16.5. The summed E-state index contributed by atoms with van der Waals surface area (Å²) in [6.07, 6.45) is 0. The van der Waals surface area contributed by atoms with Crippen LogP contribution in [0.4, 0.5) is 5.69 Å². The maximum Gasteiger partial charge on any atom is 0.308 e. The second-order valence-electron chi connectivity index (χ2n) is 5.47. The summed E-state index contributed by atoms with van der Waals surface area (Å²) >= 11 is 0. The van der Waals surface area contributed by atoms with E-state index in [0.717, 1.165) is 18.0 Å². The fourth-order valence-corrected chi connectivity index (χ4v) is 2.05. The van der Waals surface area contributed by atoms with Crippen LogP contribution in [0.1, 0.15) is 27.7 Å². The Balaban J connectivity index is 2.83. The lowest BCUT2D eigenvalue weighted by molar-refractivity contribution is -0.140. The predicted octanol–water partition coefficient (Wildman–Crippen LogP) is 3.27. The van der Waals surface area contributed by atoms with Gasteiger partial charge in [-0.25, -0.2) is 0 Å². The third kappa shape index (κ3) is 5.11. The van der Waals surface area contributed by atoms with E-state index in [0.29, 0.717) is 19.1 Å². The van der Waals surface area contributed by atoms with Crippen molar-refractivity contribution >= 4 is 11.7 Å². The van der Waals surface area contributed by atoms with Crippen LogP contribution in [0.25, 0.3) is 0 Å². The SMILES string of the molecule is CCOc1ccc(N(CC(C)C)CC(C)C(=O)O)cc1. The summed E-state index contributed by atoms with van der Waals surface area (Å²) in [5.41, 5.74) is 1.04. The minimum Gasteiger partial charge on any atom is -0.494 e. The summed E-state index contributed by atoms with van der Waals surface area (Å²) in [6, 6.07) is 7.83. The molecule has 0 saturated heterocycles. The van der Waals surface area contributed by atoms with Gasteiger partial charge in [-0.3, -0.25) is 4.79 Å². The minimum atomic E-state index is -0.760. The topological polar surface area (TPSA) is 49.8 Å². The van der Waals surface area contributed by atoms with Crippen molar-refractivity contribution < 1.29 is 14.6 Å². The zero-order chi connectivity index (χ0) is 15.1. The van der Waals surface area contributed by atoms with E-state index in [1.807, 2.05) is 31.2 Å². The van der Waals surface area contributed by atoms with Gasteiger partial charge in [-0.15, -0.1) is 0 Å². The third-order valence-corrected chi connectivity index (χ3v) is 3.01. The first-order valence-electron chi connectivity index (χ1n) is 7.14. The smallest absolute Gasteiger partial charge is 0.308 e. The molecule has 1 rings (SSSR count). The molecule has 0 saturated carbocycles. The molecule has 0 aromatic heterocycles. The maximum absolute atomic E-state index is 11.0. The van der Waals surface area contributed by atoms with E-state index in [9.17, 15) is 4.79 Å². The first-order chi connectivity index (χ1) is 9.43. The van der Waals surface area contributed by atoms with Gasteiger partial charge in [0.1, 0.15) is 5.75 Å². The molecule has 0 aliphatic rings. The van der Waals surface area contributed by atoms with Crippen molar-refractivity contribution in [3.05, 3.63) is 24.3 Å². The van der Waals surface area contributed by atoms with Gasteiger partial charge in [-0.05, 0) is 37.1 Å². The number of aliphatic carboxylic acids is 1. The number of hydrogen-bond acceptors (Lipinski definition) is 3. The molecule has 0 aliphatic heterocycles. The number of ether oxygens (including phenoxy) is 1. The quantitative estimate of drug-likeness (QED) is 0.793. The normalized spacial score (nSPS) is 12.2. The summed E-state index contributed by atoms with van der Waals surface area (Å²) in [4.78, 5) is 13.2. The molecule has 0 spiro atoms. The number of anilines is 1. The summed E-state index contributed by atoms with van der Waals surface area (Å²) in [5, 5.41) is 9.08. The van der Waals surface area contributed by atoms with Gasteiger partial charge in [0.15, 0.2) is 0 Å². The Labute approximate surface area is 121 Å². The van der Waals surface area contributed by atoms with Gasteiger partial charge in [-0.1, -0.05) is 20.8 Å². The molecule has 0 fully saturated rings. The lowest BCUT2D eigenvalue weighted by Crippen LogP contribution is -2.34. The predicted molar refractivity (Wildman–Crippen MR) is 81.5 cm³/mol. The maximum atomic E-state index is 11.0. The second kappa shape index (κ2) is 7.78. The largest absolute Gasteiger partial charge is 0.494 e. The van der Waals surface area contributed by atoms with E-state index in [2.05, 4.69) is 18.7 Å². The number of benzene rings is 1. The molecular formula is C16H25NO3. The average Bonchev–Trinajstić information content (AvgIpc) is 2.38. The van der Waals surface area contributed by atoms with E-state index in [4.69, 9.17) is 9.84 Å². The van der Waals surface area contributed by atoms with Crippen molar-refractivity contribution in [3.8, 4) is 5.75 Å². The number of carbonyl (C=O) groups is 1. The summed E-state index contributed by atoms with van der Waals surface area (Å²) in [5.74, 6) is 0.166. The fourth-order valence-electron chi connectivity index (χ4n) is 2.05.